The molecule has 7 aromatic heterocycles. The standard InChI is InChI=1S/C56H38N20S8/c77-49-65-45(66-50(78)73-49)57-29-9-1-5-25(21-29)41-33-13-15-35(61-33)42(26-6-2-10-30(22-26)58-46-67-51(79)74-52(80)68-46)37-17-19-39(63-37)44(28-8-4-12-32(24-28)60-48-71-55(83)76-56(84)72-48)40-20-18-38(64-40)43(36-16-14-34(41)62-36)27-7-3-11-31(23-27)59-47-69-53(81)75-54(82)70-47/h1-24,61,64H,(H3,57,65,66,73,77,78)(H3,58,67,68,74,79,80)(H3,59,69,70,75,81,82)(H3,60,71,72,76,83,84). The number of hydrogen-bond acceptors (Lipinski definition) is 26. The van der Waals surface area contributed by atoms with Gasteiger partial charge in [0.05, 0.1) is 22.8 Å². The summed E-state index contributed by atoms with van der Waals surface area (Å²) in [5, 5.41) is 15.0. The molecule has 9 heterocycles. The second kappa shape index (κ2) is 23.3. The summed E-state index contributed by atoms with van der Waals surface area (Å²) in [5.41, 5.74) is 14.9. The van der Waals surface area contributed by atoms with Crippen LogP contribution in [-0.2, 0) is 0 Å². The van der Waals surface area contributed by atoms with Crippen molar-refractivity contribution < 1.29 is 0 Å². The molecule has 28 heteroatoms. The summed E-state index contributed by atoms with van der Waals surface area (Å²) in [6.07, 6.45) is 8.07. The molecule has 6 N–H and O–H groups in total. The van der Waals surface area contributed by atoms with Gasteiger partial charge in [0.15, 0.2) is 41.3 Å². The summed E-state index contributed by atoms with van der Waals surface area (Å²) in [6, 6.07) is 39.8. The van der Waals surface area contributed by atoms with Gasteiger partial charge in [0.25, 0.3) is 0 Å². The predicted molar refractivity (Wildman–Crippen MR) is 351 cm³/mol. The van der Waals surface area contributed by atoms with E-state index in [1.165, 1.54) is 0 Å². The first-order chi connectivity index (χ1) is 40.7. The lowest BCUT2D eigenvalue weighted by Crippen LogP contribution is -2.00. The lowest BCUT2D eigenvalue weighted by atomic mass is 10.0. The summed E-state index contributed by atoms with van der Waals surface area (Å²) >= 11 is 35.0. The zero-order chi connectivity index (χ0) is 57.6. The Morgan fingerprint density at radius 2 is 0.464 bits per heavy atom. The van der Waals surface area contributed by atoms with Crippen LogP contribution in [0.5, 0.6) is 0 Å². The van der Waals surface area contributed by atoms with Crippen LogP contribution in [0.15, 0.2) is 163 Å². The SMILES string of the molecule is Sc1nc(S)nc(Nc2cccc(-c3c4nc(c(-c5cccc(Nc6nc(S)nc(S)n6)c5)c5ccc([nH]5)c(-c5cccc(Nc6nc(S)nc(S)n6)c5)c5nc(c(-c6cccc(Nc7nc(S)nc(S)n7)c6)c6ccc3[nH]6)C=C5)C=C4)c2)n1. The highest BCUT2D eigenvalue weighted by Crippen LogP contribution is 2.41. The highest BCUT2D eigenvalue weighted by Gasteiger charge is 2.21. The molecule has 84 heavy (non-hydrogen) atoms. The van der Waals surface area contributed by atoms with E-state index >= 15 is 0 Å². The molecule has 2 aliphatic rings. The monoisotopic (exact) mass is 1250 g/mol. The minimum absolute atomic E-state index is 0.220. The summed E-state index contributed by atoms with van der Waals surface area (Å²) in [4.78, 5) is 70.3. The van der Waals surface area contributed by atoms with Crippen molar-refractivity contribution in [1.29, 1.82) is 0 Å². The van der Waals surface area contributed by atoms with E-state index < -0.39 is 0 Å². The lowest BCUT2D eigenvalue weighted by Gasteiger charge is -2.11. The molecule has 0 unspecified atom stereocenters. The van der Waals surface area contributed by atoms with E-state index in [0.717, 1.165) is 66.6 Å². The number of hydrogen-bond donors (Lipinski definition) is 14. The topological polar surface area (TPSA) is 260 Å². The Morgan fingerprint density at radius 3 is 0.679 bits per heavy atom. The zero-order valence-electron chi connectivity index (χ0n) is 42.7. The molecule has 20 nitrogen and oxygen atoms in total. The van der Waals surface area contributed by atoms with Gasteiger partial charge in [-0.1, -0.05) is 48.5 Å². The number of nitrogens with one attached hydrogen (secondary N) is 6. The summed E-state index contributed by atoms with van der Waals surface area (Å²) in [6.45, 7) is 0. The van der Waals surface area contributed by atoms with Crippen molar-refractivity contribution in [2.24, 2.45) is 0 Å². The lowest BCUT2D eigenvalue weighted by molar-refractivity contribution is 0.817. The molecule has 0 spiro atoms. The molecule has 0 radical (unpaired) electrons. The molecule has 8 bridgehead atoms. The van der Waals surface area contributed by atoms with E-state index in [0.29, 0.717) is 45.5 Å². The molecule has 0 fully saturated rings. The predicted octanol–water partition coefficient (Wildman–Crippen LogP) is 13.3. The maximum atomic E-state index is 5.53. The van der Waals surface area contributed by atoms with Gasteiger partial charge in [0.2, 0.25) is 23.8 Å². The Balaban J connectivity index is 1.08. The molecule has 11 aromatic rings. The molecule has 0 saturated carbocycles. The highest BCUT2D eigenvalue weighted by molar-refractivity contribution is 7.81. The van der Waals surface area contributed by atoms with Gasteiger partial charge >= 0.3 is 0 Å². The number of aromatic amines is 2. The van der Waals surface area contributed by atoms with Crippen molar-refractivity contribution >= 4 is 194 Å². The van der Waals surface area contributed by atoms with E-state index in [1.54, 1.807) is 0 Å². The maximum absolute atomic E-state index is 5.53. The minimum Gasteiger partial charge on any atom is -0.354 e. The van der Waals surface area contributed by atoms with Crippen molar-refractivity contribution in [1.82, 2.24) is 79.7 Å². The second-order valence-electron chi connectivity index (χ2n) is 18.4. The fourth-order valence-corrected chi connectivity index (χ4v) is 11.4. The number of rotatable bonds is 12. The van der Waals surface area contributed by atoms with Crippen LogP contribution in [0.2, 0.25) is 0 Å². The van der Waals surface area contributed by atoms with Crippen molar-refractivity contribution in [2.75, 3.05) is 21.3 Å². The number of fused-ring (bicyclic) bond motifs is 8. The summed E-state index contributed by atoms with van der Waals surface area (Å²) < 4.78 is 0. The van der Waals surface area contributed by atoms with Crippen LogP contribution in [0.25, 0.3) is 90.9 Å². The fourth-order valence-electron chi connectivity index (χ4n) is 9.59. The third-order valence-electron chi connectivity index (χ3n) is 12.8. The number of H-pyrrole nitrogens is 2. The van der Waals surface area contributed by atoms with Crippen LogP contribution < -0.4 is 21.3 Å². The van der Waals surface area contributed by atoms with Gasteiger partial charge < -0.3 is 31.2 Å². The Labute approximate surface area is 520 Å². The van der Waals surface area contributed by atoms with Crippen molar-refractivity contribution in [3.8, 4) is 44.5 Å². The number of aromatic nitrogens is 16. The molecule has 0 amide bonds. The number of anilines is 8. The fraction of sp³-hybridized carbons (Fsp3) is 0. The Morgan fingerprint density at radius 1 is 0.250 bits per heavy atom. The van der Waals surface area contributed by atoms with E-state index in [1.807, 2.05) is 146 Å². The normalized spacial score (nSPS) is 11.7. The van der Waals surface area contributed by atoms with E-state index in [-0.39, 0.29) is 65.0 Å². The first-order valence-corrected chi connectivity index (χ1v) is 28.6. The Kier molecular flexibility index (Phi) is 15.2. The van der Waals surface area contributed by atoms with Gasteiger partial charge in [-0.2, -0.15) is 59.8 Å². The van der Waals surface area contributed by atoms with Crippen molar-refractivity contribution in [3.05, 3.63) is 144 Å². The molecule has 0 aliphatic carbocycles. The summed E-state index contributed by atoms with van der Waals surface area (Å²) in [5.74, 6) is 1.11. The number of benzene rings is 4. The van der Waals surface area contributed by atoms with Crippen LogP contribution in [0.3, 0.4) is 0 Å². The van der Waals surface area contributed by atoms with Gasteiger partial charge in [-0.05, 0) is 119 Å². The van der Waals surface area contributed by atoms with Crippen LogP contribution in [-0.4, -0.2) is 79.7 Å². The van der Waals surface area contributed by atoms with Crippen LogP contribution in [0, 0.1) is 0 Å². The first-order valence-electron chi connectivity index (χ1n) is 25.0. The molecule has 0 saturated heterocycles. The summed E-state index contributed by atoms with van der Waals surface area (Å²) in [7, 11) is 0. The van der Waals surface area contributed by atoms with Crippen molar-refractivity contribution in [2.45, 2.75) is 41.3 Å². The minimum atomic E-state index is 0.220. The smallest absolute Gasteiger partial charge is 0.232 e. The average Bonchev–Trinajstić information content (AvgIpc) is 4.49. The molecule has 13 rings (SSSR count). The Hall–Kier alpha value is -8.48. The van der Waals surface area contributed by atoms with Gasteiger partial charge in [-0.3, -0.25) is 0 Å². The van der Waals surface area contributed by atoms with Crippen molar-refractivity contribution in [3.63, 3.8) is 0 Å². The second-order valence-corrected chi connectivity index (χ2v) is 21.6. The molecule has 0 atom stereocenters. The molecular formula is C56H38N20S8. The average molecular weight is 1250 g/mol. The quantitative estimate of drug-likeness (QED) is 0.0507. The zero-order valence-corrected chi connectivity index (χ0v) is 49.9. The molecule has 4 aromatic carbocycles. The number of thiol groups is 8. The maximum Gasteiger partial charge on any atom is 0.232 e. The van der Waals surface area contributed by atoms with Crippen LogP contribution >= 0.6 is 101 Å². The van der Waals surface area contributed by atoms with Gasteiger partial charge in [0.1, 0.15) is 0 Å². The third kappa shape index (κ3) is 12.0. The third-order valence-corrected chi connectivity index (χ3v) is 14.4. The van der Waals surface area contributed by atoms with Gasteiger partial charge in [-0.25, -0.2) is 9.97 Å². The van der Waals surface area contributed by atoms with Crippen LogP contribution in [0.1, 0.15) is 22.8 Å². The van der Waals surface area contributed by atoms with Gasteiger partial charge in [0, 0.05) is 67.1 Å². The number of nitrogens with zero attached hydrogens (tertiary/aromatic N) is 14. The van der Waals surface area contributed by atoms with Crippen LogP contribution in [0.4, 0.5) is 46.5 Å². The molecule has 2 aliphatic heterocycles. The van der Waals surface area contributed by atoms with Gasteiger partial charge in [-0.15, -0.1) is 101 Å². The first kappa shape index (κ1) is 54.8. The molecular weight excluding hydrogens is 1210 g/mol. The Bertz CT molecular complexity index is 4070. The van der Waals surface area contributed by atoms with E-state index in [2.05, 4.69) is 192 Å². The van der Waals surface area contributed by atoms with E-state index in [4.69, 9.17) is 9.97 Å². The highest BCUT2D eigenvalue weighted by atomic mass is 32.1. The largest absolute Gasteiger partial charge is 0.354 e. The molecule has 410 valence electrons. The van der Waals surface area contributed by atoms with E-state index in [9.17, 15) is 0 Å².